The van der Waals surface area contributed by atoms with Gasteiger partial charge in [-0.2, -0.15) is 0 Å². The molecule has 1 aliphatic rings. The molecule has 4 nitrogen and oxygen atoms in total. The van der Waals surface area contributed by atoms with Gasteiger partial charge in [0.25, 0.3) is 0 Å². The lowest BCUT2D eigenvalue weighted by molar-refractivity contribution is -0.138. The summed E-state index contributed by atoms with van der Waals surface area (Å²) < 4.78 is 23.2. The van der Waals surface area contributed by atoms with Gasteiger partial charge in [-0.05, 0) is 48.8 Å². The highest BCUT2D eigenvalue weighted by Crippen LogP contribution is 2.46. The van der Waals surface area contributed by atoms with Gasteiger partial charge in [-0.3, -0.25) is 4.79 Å². The van der Waals surface area contributed by atoms with Crippen molar-refractivity contribution in [1.82, 2.24) is 0 Å². The number of carboxylic acid groups (broad SMARTS) is 1. The average Bonchev–Trinajstić information content (AvgIpc) is 3.14. The monoisotopic (exact) mass is 296 g/mol. The van der Waals surface area contributed by atoms with Gasteiger partial charge in [-0.25, -0.2) is 8.42 Å². The van der Waals surface area contributed by atoms with Gasteiger partial charge in [0.2, 0.25) is 0 Å². The van der Waals surface area contributed by atoms with Gasteiger partial charge < -0.3 is 5.11 Å². The second kappa shape index (κ2) is 5.56. The Bertz CT molecular complexity index is 606. The molecule has 0 heterocycles. The van der Waals surface area contributed by atoms with Crippen LogP contribution in [0.2, 0.25) is 0 Å². The number of hydrogen-bond acceptors (Lipinski definition) is 3. The maximum Gasteiger partial charge on any atom is 0.306 e. The molecule has 2 rings (SSSR count). The molecule has 110 valence electrons. The third-order valence-electron chi connectivity index (χ3n) is 4.08. The summed E-state index contributed by atoms with van der Waals surface area (Å²) in [6, 6.07) is 7.02. The third kappa shape index (κ3) is 3.39. The van der Waals surface area contributed by atoms with Gasteiger partial charge in [0.1, 0.15) is 0 Å². The van der Waals surface area contributed by atoms with Gasteiger partial charge in [0, 0.05) is 6.26 Å². The molecule has 1 aromatic carbocycles. The molecule has 1 saturated carbocycles. The van der Waals surface area contributed by atoms with Crippen molar-refractivity contribution < 1.29 is 18.3 Å². The van der Waals surface area contributed by atoms with E-state index in [2.05, 4.69) is 6.92 Å². The molecule has 0 saturated heterocycles. The number of rotatable bonds is 6. The predicted molar refractivity (Wildman–Crippen MR) is 76.4 cm³/mol. The minimum Gasteiger partial charge on any atom is -0.481 e. The summed E-state index contributed by atoms with van der Waals surface area (Å²) in [7, 11) is -3.20. The maximum absolute atomic E-state index is 11.6. The van der Waals surface area contributed by atoms with Gasteiger partial charge in [-0.1, -0.05) is 19.1 Å². The Hall–Kier alpha value is -1.36. The molecule has 0 radical (unpaired) electrons. The first-order valence-electron chi connectivity index (χ1n) is 6.85. The summed E-state index contributed by atoms with van der Waals surface area (Å²) in [4.78, 5) is 11.2. The number of benzene rings is 1. The molecule has 1 aromatic rings. The van der Waals surface area contributed by atoms with Crippen molar-refractivity contribution in [2.75, 3.05) is 6.26 Å². The number of carboxylic acids is 1. The van der Waals surface area contributed by atoms with E-state index < -0.39 is 15.8 Å². The van der Waals surface area contributed by atoms with Gasteiger partial charge in [-0.15, -0.1) is 0 Å². The zero-order chi connectivity index (χ0) is 14.9. The summed E-state index contributed by atoms with van der Waals surface area (Å²) in [5.74, 6) is -0.456. The minimum absolute atomic E-state index is 0.206. The van der Waals surface area contributed by atoms with Crippen molar-refractivity contribution in [3.05, 3.63) is 29.8 Å². The van der Waals surface area contributed by atoms with E-state index in [0.717, 1.165) is 24.8 Å². The Morgan fingerprint density at radius 2 is 2.15 bits per heavy atom. The van der Waals surface area contributed by atoms with Crippen LogP contribution < -0.4 is 0 Å². The first kappa shape index (κ1) is 15.0. The Balaban J connectivity index is 2.14. The number of hydrogen-bond donors (Lipinski definition) is 1. The van der Waals surface area contributed by atoms with E-state index in [1.54, 1.807) is 18.2 Å². The van der Waals surface area contributed by atoms with Crippen molar-refractivity contribution >= 4 is 15.8 Å². The van der Waals surface area contributed by atoms with E-state index in [1.165, 1.54) is 6.26 Å². The van der Waals surface area contributed by atoms with E-state index >= 15 is 0 Å². The average molecular weight is 296 g/mol. The highest BCUT2D eigenvalue weighted by atomic mass is 32.2. The molecular weight excluding hydrogens is 276 g/mol. The van der Waals surface area contributed by atoms with E-state index in [-0.39, 0.29) is 17.8 Å². The van der Waals surface area contributed by atoms with Gasteiger partial charge in [0.05, 0.1) is 10.8 Å². The molecule has 0 aliphatic heterocycles. The Morgan fingerprint density at radius 3 is 2.65 bits per heavy atom. The first-order chi connectivity index (χ1) is 9.32. The van der Waals surface area contributed by atoms with Crippen LogP contribution in [-0.2, 0) is 14.6 Å². The van der Waals surface area contributed by atoms with Crippen LogP contribution in [-0.4, -0.2) is 25.7 Å². The second-order valence-electron chi connectivity index (χ2n) is 5.63. The van der Waals surface area contributed by atoms with E-state index in [9.17, 15) is 13.2 Å². The van der Waals surface area contributed by atoms with Crippen LogP contribution in [0, 0.1) is 11.8 Å². The Kier molecular flexibility index (Phi) is 4.18. The van der Waals surface area contributed by atoms with Crippen LogP contribution >= 0.6 is 0 Å². The SMILES string of the molecule is CCC(CC1CC1C(=O)O)c1cccc(S(C)(=O)=O)c1. The van der Waals surface area contributed by atoms with E-state index in [1.807, 2.05) is 6.07 Å². The Morgan fingerprint density at radius 1 is 1.45 bits per heavy atom. The number of sulfone groups is 1. The van der Waals surface area contributed by atoms with Gasteiger partial charge in [0.15, 0.2) is 9.84 Å². The summed E-state index contributed by atoms with van der Waals surface area (Å²) in [6.07, 6.45) is 3.66. The van der Waals surface area contributed by atoms with Crippen LogP contribution in [0.15, 0.2) is 29.2 Å². The summed E-state index contributed by atoms with van der Waals surface area (Å²) in [5, 5.41) is 8.95. The van der Waals surface area contributed by atoms with Crippen molar-refractivity contribution in [1.29, 1.82) is 0 Å². The molecule has 3 atom stereocenters. The lowest BCUT2D eigenvalue weighted by Crippen LogP contribution is -2.05. The van der Waals surface area contributed by atoms with Crippen molar-refractivity contribution in [3.8, 4) is 0 Å². The summed E-state index contributed by atoms with van der Waals surface area (Å²) in [5.41, 5.74) is 0.992. The molecule has 1 N–H and O–H groups in total. The zero-order valence-electron chi connectivity index (χ0n) is 11.7. The fraction of sp³-hybridized carbons (Fsp3) is 0.533. The molecule has 0 aromatic heterocycles. The van der Waals surface area contributed by atoms with Crippen LogP contribution in [0.25, 0.3) is 0 Å². The molecule has 3 unspecified atom stereocenters. The molecule has 1 fully saturated rings. The van der Waals surface area contributed by atoms with Crippen molar-refractivity contribution in [2.24, 2.45) is 11.8 Å². The fourth-order valence-corrected chi connectivity index (χ4v) is 3.39. The topological polar surface area (TPSA) is 71.4 Å². The molecule has 0 spiro atoms. The summed E-state index contributed by atoms with van der Waals surface area (Å²) >= 11 is 0. The van der Waals surface area contributed by atoms with Crippen LogP contribution in [0.4, 0.5) is 0 Å². The minimum atomic E-state index is -3.20. The smallest absolute Gasteiger partial charge is 0.306 e. The highest BCUT2D eigenvalue weighted by Gasteiger charge is 2.43. The zero-order valence-corrected chi connectivity index (χ0v) is 12.6. The van der Waals surface area contributed by atoms with Crippen LogP contribution in [0.1, 0.15) is 37.7 Å². The lowest BCUT2D eigenvalue weighted by Gasteiger charge is -2.16. The molecule has 0 amide bonds. The largest absolute Gasteiger partial charge is 0.481 e. The number of aliphatic carboxylic acids is 1. The van der Waals surface area contributed by atoms with Crippen LogP contribution in [0.3, 0.4) is 0 Å². The maximum atomic E-state index is 11.6. The normalized spacial score (nSPS) is 23.3. The van der Waals surface area contributed by atoms with Gasteiger partial charge >= 0.3 is 5.97 Å². The van der Waals surface area contributed by atoms with E-state index in [0.29, 0.717) is 4.90 Å². The predicted octanol–water partition coefficient (Wildman–Crippen LogP) is 2.69. The quantitative estimate of drug-likeness (QED) is 0.876. The molecule has 20 heavy (non-hydrogen) atoms. The third-order valence-corrected chi connectivity index (χ3v) is 5.19. The molecule has 1 aliphatic carbocycles. The highest BCUT2D eigenvalue weighted by molar-refractivity contribution is 7.90. The first-order valence-corrected chi connectivity index (χ1v) is 8.75. The molecular formula is C15H20O4S. The summed E-state index contributed by atoms with van der Waals surface area (Å²) in [6.45, 7) is 2.05. The van der Waals surface area contributed by atoms with Crippen LogP contribution in [0.5, 0.6) is 0 Å². The standard InChI is InChI=1S/C15H20O4S/c1-3-10(7-12-9-14(12)15(16)17)11-5-4-6-13(8-11)20(2,18)19/h4-6,8,10,12,14H,3,7,9H2,1-2H3,(H,16,17). The van der Waals surface area contributed by atoms with Crippen molar-refractivity contribution in [3.63, 3.8) is 0 Å². The Labute approximate surface area is 119 Å². The molecule has 5 heteroatoms. The lowest BCUT2D eigenvalue weighted by atomic mass is 9.91. The van der Waals surface area contributed by atoms with Crippen molar-refractivity contribution in [2.45, 2.75) is 37.0 Å². The van der Waals surface area contributed by atoms with E-state index in [4.69, 9.17) is 5.11 Å². The fourth-order valence-electron chi connectivity index (χ4n) is 2.71. The molecule has 0 bridgehead atoms. The number of carbonyl (C=O) groups is 1. The second-order valence-corrected chi connectivity index (χ2v) is 7.64.